The molecule has 2 heterocycles. The topological polar surface area (TPSA) is 51.6 Å². The standard InChI is InChI=1S/C11H7Br2NO3S/c12-6-1-5(2-7-9(6)17-4-16-7)8(15)10-11(13)14-3-18-10/h1-3,8,15H,4H2. The maximum atomic E-state index is 10.3. The van der Waals surface area contributed by atoms with Gasteiger partial charge in [0.1, 0.15) is 10.7 Å². The lowest BCUT2D eigenvalue weighted by molar-refractivity contribution is 0.173. The van der Waals surface area contributed by atoms with E-state index in [1.165, 1.54) is 11.3 Å². The molecule has 94 valence electrons. The molecule has 1 aromatic heterocycles. The van der Waals surface area contributed by atoms with E-state index >= 15 is 0 Å². The summed E-state index contributed by atoms with van der Waals surface area (Å²) in [6, 6.07) is 3.61. The smallest absolute Gasteiger partial charge is 0.231 e. The molecule has 1 aliphatic rings. The van der Waals surface area contributed by atoms with E-state index < -0.39 is 6.10 Å². The molecule has 1 atom stereocenters. The van der Waals surface area contributed by atoms with Crippen LogP contribution < -0.4 is 9.47 Å². The zero-order valence-electron chi connectivity index (χ0n) is 8.89. The fraction of sp³-hybridized carbons (Fsp3) is 0.182. The van der Waals surface area contributed by atoms with Gasteiger partial charge in [-0.05, 0) is 49.6 Å². The van der Waals surface area contributed by atoms with E-state index in [4.69, 9.17) is 9.47 Å². The van der Waals surface area contributed by atoms with E-state index in [1.807, 2.05) is 6.07 Å². The second kappa shape index (κ2) is 4.80. The minimum atomic E-state index is -0.738. The lowest BCUT2D eigenvalue weighted by atomic mass is 10.1. The molecule has 1 aliphatic heterocycles. The highest BCUT2D eigenvalue weighted by molar-refractivity contribution is 9.10. The van der Waals surface area contributed by atoms with Crippen molar-refractivity contribution in [2.75, 3.05) is 6.79 Å². The van der Waals surface area contributed by atoms with Crippen LogP contribution in [0.15, 0.2) is 26.7 Å². The van der Waals surface area contributed by atoms with Gasteiger partial charge in [0.25, 0.3) is 0 Å². The Labute approximate surface area is 124 Å². The molecule has 1 aromatic carbocycles. The second-order valence-electron chi connectivity index (χ2n) is 3.65. The Morgan fingerprint density at radius 2 is 2.17 bits per heavy atom. The van der Waals surface area contributed by atoms with Gasteiger partial charge in [-0.3, -0.25) is 0 Å². The summed E-state index contributed by atoms with van der Waals surface area (Å²) in [5.41, 5.74) is 2.42. The van der Waals surface area contributed by atoms with Crippen molar-refractivity contribution < 1.29 is 14.6 Å². The van der Waals surface area contributed by atoms with E-state index in [1.54, 1.807) is 11.6 Å². The van der Waals surface area contributed by atoms with Gasteiger partial charge in [-0.1, -0.05) is 0 Å². The van der Waals surface area contributed by atoms with Crippen LogP contribution in [0, 0.1) is 0 Å². The summed E-state index contributed by atoms with van der Waals surface area (Å²) in [4.78, 5) is 4.83. The van der Waals surface area contributed by atoms with Crippen molar-refractivity contribution in [1.82, 2.24) is 4.98 Å². The van der Waals surface area contributed by atoms with Crippen molar-refractivity contribution in [3.8, 4) is 11.5 Å². The minimum absolute atomic E-state index is 0.206. The first-order valence-corrected chi connectivity index (χ1v) is 7.49. The van der Waals surface area contributed by atoms with Crippen molar-refractivity contribution in [3.63, 3.8) is 0 Å². The van der Waals surface area contributed by atoms with Crippen LogP contribution >= 0.6 is 43.2 Å². The number of hydrogen-bond acceptors (Lipinski definition) is 5. The van der Waals surface area contributed by atoms with Gasteiger partial charge in [0.2, 0.25) is 6.79 Å². The zero-order valence-corrected chi connectivity index (χ0v) is 12.9. The number of nitrogens with zero attached hydrogens (tertiary/aromatic N) is 1. The van der Waals surface area contributed by atoms with Gasteiger partial charge in [0.05, 0.1) is 14.9 Å². The number of benzene rings is 1. The third-order valence-electron chi connectivity index (χ3n) is 2.56. The number of halogens is 2. The molecule has 18 heavy (non-hydrogen) atoms. The maximum absolute atomic E-state index is 10.3. The number of thiazole rings is 1. The largest absolute Gasteiger partial charge is 0.454 e. The van der Waals surface area contributed by atoms with Gasteiger partial charge in [-0.25, -0.2) is 4.98 Å². The molecule has 0 aliphatic carbocycles. The van der Waals surface area contributed by atoms with Gasteiger partial charge < -0.3 is 14.6 Å². The van der Waals surface area contributed by atoms with E-state index in [0.717, 1.165) is 14.9 Å². The van der Waals surface area contributed by atoms with E-state index in [9.17, 15) is 5.11 Å². The molecule has 1 N–H and O–H groups in total. The van der Waals surface area contributed by atoms with Gasteiger partial charge in [-0.15, -0.1) is 11.3 Å². The zero-order chi connectivity index (χ0) is 12.7. The van der Waals surface area contributed by atoms with E-state index in [-0.39, 0.29) is 6.79 Å². The molecule has 0 amide bonds. The Kier molecular flexibility index (Phi) is 3.31. The number of rotatable bonds is 2. The van der Waals surface area contributed by atoms with Crippen molar-refractivity contribution in [2.45, 2.75) is 6.10 Å². The first kappa shape index (κ1) is 12.4. The van der Waals surface area contributed by atoms with Crippen LogP contribution in [0.25, 0.3) is 0 Å². The number of aliphatic hydroxyl groups excluding tert-OH is 1. The number of ether oxygens (including phenoxy) is 2. The van der Waals surface area contributed by atoms with Crippen molar-refractivity contribution in [3.05, 3.63) is 37.2 Å². The number of aromatic nitrogens is 1. The molecular weight excluding hydrogens is 386 g/mol. The number of fused-ring (bicyclic) bond motifs is 1. The summed E-state index contributed by atoms with van der Waals surface area (Å²) in [6.07, 6.45) is -0.738. The predicted molar refractivity (Wildman–Crippen MR) is 74.1 cm³/mol. The number of hydrogen-bond donors (Lipinski definition) is 1. The SMILES string of the molecule is OC(c1cc(Br)c2c(c1)OCO2)c1scnc1Br. The Bertz CT molecular complexity index is 602. The van der Waals surface area contributed by atoms with Gasteiger partial charge in [0.15, 0.2) is 11.5 Å². The summed E-state index contributed by atoms with van der Waals surface area (Å²) >= 11 is 8.12. The van der Waals surface area contributed by atoms with E-state index in [0.29, 0.717) is 16.1 Å². The Morgan fingerprint density at radius 3 is 2.89 bits per heavy atom. The highest BCUT2D eigenvalue weighted by Crippen LogP contribution is 2.43. The molecule has 7 heteroatoms. The minimum Gasteiger partial charge on any atom is -0.454 e. The quantitative estimate of drug-likeness (QED) is 0.849. The summed E-state index contributed by atoms with van der Waals surface area (Å²) in [7, 11) is 0. The van der Waals surface area contributed by atoms with Crippen molar-refractivity contribution >= 4 is 43.2 Å². The Balaban J connectivity index is 2.03. The average Bonchev–Trinajstić information content (AvgIpc) is 2.96. The Morgan fingerprint density at radius 1 is 1.33 bits per heavy atom. The summed E-state index contributed by atoms with van der Waals surface area (Å²) in [5.74, 6) is 1.31. The number of aliphatic hydroxyl groups is 1. The summed E-state index contributed by atoms with van der Waals surface area (Å²) < 4.78 is 12.1. The van der Waals surface area contributed by atoms with Crippen LogP contribution in [-0.4, -0.2) is 16.9 Å². The molecule has 3 rings (SSSR count). The average molecular weight is 393 g/mol. The summed E-state index contributed by atoms with van der Waals surface area (Å²) in [6.45, 7) is 0.206. The molecule has 0 radical (unpaired) electrons. The molecule has 1 unspecified atom stereocenters. The van der Waals surface area contributed by atoms with Crippen LogP contribution in [0.1, 0.15) is 16.5 Å². The van der Waals surface area contributed by atoms with Crippen LogP contribution in [0.3, 0.4) is 0 Å². The fourth-order valence-corrected chi connectivity index (χ4v) is 3.71. The van der Waals surface area contributed by atoms with Crippen LogP contribution in [-0.2, 0) is 0 Å². The molecule has 0 fully saturated rings. The molecular formula is C11H7Br2NO3S. The van der Waals surface area contributed by atoms with Crippen molar-refractivity contribution in [2.24, 2.45) is 0 Å². The molecule has 0 bridgehead atoms. The van der Waals surface area contributed by atoms with Gasteiger partial charge in [0, 0.05) is 0 Å². The monoisotopic (exact) mass is 391 g/mol. The molecule has 2 aromatic rings. The van der Waals surface area contributed by atoms with Crippen LogP contribution in [0.5, 0.6) is 11.5 Å². The lowest BCUT2D eigenvalue weighted by Crippen LogP contribution is -1.98. The summed E-state index contributed by atoms with van der Waals surface area (Å²) in [5, 5.41) is 10.3. The molecule has 4 nitrogen and oxygen atoms in total. The maximum Gasteiger partial charge on any atom is 0.231 e. The fourth-order valence-electron chi connectivity index (χ4n) is 1.72. The molecule has 0 saturated heterocycles. The highest BCUT2D eigenvalue weighted by atomic mass is 79.9. The van der Waals surface area contributed by atoms with Gasteiger partial charge >= 0.3 is 0 Å². The van der Waals surface area contributed by atoms with Crippen molar-refractivity contribution in [1.29, 1.82) is 0 Å². The predicted octanol–water partition coefficient (Wildman–Crippen LogP) is 3.48. The first-order valence-electron chi connectivity index (χ1n) is 5.03. The molecule has 0 spiro atoms. The third kappa shape index (κ3) is 2.05. The van der Waals surface area contributed by atoms with Crippen LogP contribution in [0.2, 0.25) is 0 Å². The third-order valence-corrected chi connectivity index (χ3v) is 4.93. The lowest BCUT2D eigenvalue weighted by Gasteiger charge is -2.11. The van der Waals surface area contributed by atoms with Crippen LogP contribution in [0.4, 0.5) is 0 Å². The second-order valence-corrected chi connectivity index (χ2v) is 6.14. The van der Waals surface area contributed by atoms with E-state index in [2.05, 4.69) is 36.8 Å². The van der Waals surface area contributed by atoms with Gasteiger partial charge in [-0.2, -0.15) is 0 Å². The first-order chi connectivity index (χ1) is 8.66. The normalized spacial score (nSPS) is 14.8. The molecule has 0 saturated carbocycles. The Hall–Kier alpha value is -0.630. The highest BCUT2D eigenvalue weighted by Gasteiger charge is 2.23.